The molecule has 0 amide bonds. The van der Waals surface area contributed by atoms with Crippen LogP contribution in [0.25, 0.3) is 11.3 Å². The zero-order chi connectivity index (χ0) is 21.6. The first-order chi connectivity index (χ1) is 15.2. The topological polar surface area (TPSA) is 81.7 Å². The monoisotopic (exact) mass is 417 g/mol. The lowest BCUT2D eigenvalue weighted by Gasteiger charge is -2.26. The minimum atomic E-state index is -0.413. The molecule has 1 atom stereocenters. The maximum absolute atomic E-state index is 12.6. The minimum Gasteiger partial charge on any atom is -0.481 e. The molecule has 2 heterocycles. The van der Waals surface area contributed by atoms with E-state index >= 15 is 0 Å². The molecule has 1 unspecified atom stereocenters. The van der Waals surface area contributed by atoms with E-state index in [1.165, 1.54) is 12.3 Å². The zero-order valence-electron chi connectivity index (χ0n) is 17.3. The van der Waals surface area contributed by atoms with Crippen LogP contribution in [-0.4, -0.2) is 12.9 Å². The van der Waals surface area contributed by atoms with Crippen molar-refractivity contribution < 1.29 is 18.6 Å². The average Bonchev–Trinajstić information content (AvgIpc) is 2.81. The van der Waals surface area contributed by atoms with E-state index in [4.69, 9.17) is 18.6 Å². The lowest BCUT2D eigenvalue weighted by Crippen LogP contribution is -2.25. The largest absolute Gasteiger partial charge is 0.481 e. The predicted molar refractivity (Wildman–Crippen MR) is 115 cm³/mol. The Morgan fingerprint density at radius 2 is 1.94 bits per heavy atom. The van der Waals surface area contributed by atoms with E-state index in [0.29, 0.717) is 29.0 Å². The molecule has 1 aromatic heterocycles. The molecule has 0 bridgehead atoms. The molecule has 6 heteroatoms. The smallest absolute Gasteiger partial charge is 0.227 e. The van der Waals surface area contributed by atoms with E-state index in [2.05, 4.69) is 6.07 Å². The SMILES string of the molecule is Cc1c(C#N)ccc(-c2occc(=O)c2OCc2ccccc2)c1OC1CCCCO1. The first-order valence-corrected chi connectivity index (χ1v) is 10.3. The van der Waals surface area contributed by atoms with Crippen LogP contribution in [0.5, 0.6) is 11.5 Å². The average molecular weight is 417 g/mol. The number of nitriles is 1. The van der Waals surface area contributed by atoms with Crippen LogP contribution < -0.4 is 14.9 Å². The van der Waals surface area contributed by atoms with Crippen molar-refractivity contribution in [2.75, 3.05) is 6.61 Å². The number of nitrogens with zero attached hydrogens (tertiary/aromatic N) is 1. The van der Waals surface area contributed by atoms with Gasteiger partial charge >= 0.3 is 0 Å². The van der Waals surface area contributed by atoms with Gasteiger partial charge in [-0.05, 0) is 37.5 Å². The molecule has 2 aromatic carbocycles. The summed E-state index contributed by atoms with van der Waals surface area (Å²) < 4.78 is 23.5. The van der Waals surface area contributed by atoms with Crippen LogP contribution in [0.2, 0.25) is 0 Å². The third-order valence-electron chi connectivity index (χ3n) is 5.22. The summed E-state index contributed by atoms with van der Waals surface area (Å²) in [5.74, 6) is 0.830. The number of hydrogen-bond acceptors (Lipinski definition) is 6. The van der Waals surface area contributed by atoms with Gasteiger partial charge in [-0.2, -0.15) is 5.26 Å². The minimum absolute atomic E-state index is 0.102. The second-order valence-corrected chi connectivity index (χ2v) is 7.36. The summed E-state index contributed by atoms with van der Waals surface area (Å²) >= 11 is 0. The van der Waals surface area contributed by atoms with Crippen molar-refractivity contribution in [2.24, 2.45) is 0 Å². The van der Waals surface area contributed by atoms with Crippen molar-refractivity contribution in [3.63, 3.8) is 0 Å². The molecule has 1 fully saturated rings. The van der Waals surface area contributed by atoms with Gasteiger partial charge in [-0.3, -0.25) is 4.79 Å². The van der Waals surface area contributed by atoms with Crippen LogP contribution in [0.3, 0.4) is 0 Å². The number of hydrogen-bond donors (Lipinski definition) is 0. The lowest BCUT2D eigenvalue weighted by atomic mass is 10.0. The molecule has 0 saturated carbocycles. The Balaban J connectivity index is 1.75. The second kappa shape index (κ2) is 9.50. The van der Waals surface area contributed by atoms with Crippen molar-refractivity contribution in [3.8, 4) is 28.9 Å². The van der Waals surface area contributed by atoms with Crippen LogP contribution >= 0.6 is 0 Å². The molecule has 158 valence electrons. The van der Waals surface area contributed by atoms with Gasteiger partial charge in [0.2, 0.25) is 11.2 Å². The molecule has 0 N–H and O–H groups in total. The fourth-order valence-electron chi connectivity index (χ4n) is 3.54. The van der Waals surface area contributed by atoms with Gasteiger partial charge in [0.1, 0.15) is 12.4 Å². The predicted octanol–water partition coefficient (Wildman–Crippen LogP) is 4.97. The molecule has 31 heavy (non-hydrogen) atoms. The Bertz CT molecular complexity index is 1140. The third kappa shape index (κ3) is 4.62. The molecule has 0 radical (unpaired) electrons. The van der Waals surface area contributed by atoms with Crippen LogP contribution in [0.1, 0.15) is 36.0 Å². The number of benzene rings is 2. The van der Waals surface area contributed by atoms with E-state index < -0.39 is 6.29 Å². The molecular formula is C25H23NO5. The van der Waals surface area contributed by atoms with E-state index in [1.54, 1.807) is 12.1 Å². The molecular weight excluding hydrogens is 394 g/mol. The highest BCUT2D eigenvalue weighted by Crippen LogP contribution is 2.39. The number of rotatable bonds is 6. The van der Waals surface area contributed by atoms with E-state index in [-0.39, 0.29) is 23.5 Å². The first-order valence-electron chi connectivity index (χ1n) is 10.3. The Morgan fingerprint density at radius 3 is 2.68 bits per heavy atom. The van der Waals surface area contributed by atoms with Gasteiger partial charge < -0.3 is 18.6 Å². The van der Waals surface area contributed by atoms with Gasteiger partial charge in [0.25, 0.3) is 0 Å². The van der Waals surface area contributed by atoms with Crippen molar-refractivity contribution in [1.82, 2.24) is 0 Å². The highest BCUT2D eigenvalue weighted by Gasteiger charge is 2.24. The summed E-state index contributed by atoms with van der Waals surface area (Å²) in [4.78, 5) is 12.6. The second-order valence-electron chi connectivity index (χ2n) is 7.36. The summed E-state index contributed by atoms with van der Waals surface area (Å²) in [5.41, 5.74) is 2.33. The van der Waals surface area contributed by atoms with Gasteiger partial charge in [-0.15, -0.1) is 0 Å². The molecule has 0 spiro atoms. The maximum Gasteiger partial charge on any atom is 0.227 e. The van der Waals surface area contributed by atoms with Crippen molar-refractivity contribution in [2.45, 2.75) is 39.1 Å². The Hall–Kier alpha value is -3.56. The van der Waals surface area contributed by atoms with Gasteiger partial charge in [0.05, 0.1) is 30.1 Å². The maximum atomic E-state index is 12.6. The lowest BCUT2D eigenvalue weighted by molar-refractivity contribution is -0.105. The molecule has 6 nitrogen and oxygen atoms in total. The quantitative estimate of drug-likeness (QED) is 0.563. The van der Waals surface area contributed by atoms with Gasteiger partial charge in [-0.25, -0.2) is 0 Å². The summed E-state index contributed by atoms with van der Waals surface area (Å²) in [6.07, 6.45) is 3.68. The summed E-state index contributed by atoms with van der Waals surface area (Å²) in [5, 5.41) is 9.48. The molecule has 3 aromatic rings. The fraction of sp³-hybridized carbons (Fsp3) is 0.280. The van der Waals surface area contributed by atoms with Crippen LogP contribution in [0.4, 0.5) is 0 Å². The summed E-state index contributed by atoms with van der Waals surface area (Å²) in [6.45, 7) is 2.66. The normalized spacial score (nSPS) is 15.8. The molecule has 1 aliphatic heterocycles. The Kier molecular flexibility index (Phi) is 6.34. The van der Waals surface area contributed by atoms with E-state index in [0.717, 1.165) is 24.8 Å². The molecule has 1 saturated heterocycles. The van der Waals surface area contributed by atoms with Crippen LogP contribution in [-0.2, 0) is 11.3 Å². The number of ether oxygens (including phenoxy) is 3. The van der Waals surface area contributed by atoms with E-state index in [9.17, 15) is 10.1 Å². The fourth-order valence-corrected chi connectivity index (χ4v) is 3.54. The Morgan fingerprint density at radius 1 is 1.10 bits per heavy atom. The van der Waals surface area contributed by atoms with Crippen molar-refractivity contribution in [3.05, 3.63) is 81.7 Å². The standard InChI is InChI=1S/C25H23NO5/c1-17-19(15-26)10-11-20(23(17)31-22-9-5-6-13-28-22)24-25(21(27)12-14-29-24)30-16-18-7-3-2-4-8-18/h2-4,7-8,10-12,14,22H,5-6,9,13,16H2,1H3. The molecule has 1 aliphatic rings. The van der Waals surface area contributed by atoms with Crippen molar-refractivity contribution in [1.29, 1.82) is 5.26 Å². The van der Waals surface area contributed by atoms with Crippen molar-refractivity contribution >= 4 is 0 Å². The first kappa shape index (κ1) is 20.7. The molecule has 0 aliphatic carbocycles. The Labute approximate surface area is 180 Å². The van der Waals surface area contributed by atoms with Gasteiger partial charge in [0.15, 0.2) is 12.1 Å². The van der Waals surface area contributed by atoms with Gasteiger partial charge in [-0.1, -0.05) is 30.3 Å². The summed E-state index contributed by atoms with van der Waals surface area (Å²) in [6, 6.07) is 16.5. The zero-order valence-corrected chi connectivity index (χ0v) is 17.3. The van der Waals surface area contributed by atoms with E-state index in [1.807, 2.05) is 37.3 Å². The third-order valence-corrected chi connectivity index (χ3v) is 5.22. The highest BCUT2D eigenvalue weighted by molar-refractivity contribution is 5.74. The van der Waals surface area contributed by atoms with Crippen LogP contribution in [0, 0.1) is 18.3 Å². The summed E-state index contributed by atoms with van der Waals surface area (Å²) in [7, 11) is 0. The van der Waals surface area contributed by atoms with Gasteiger partial charge in [0, 0.05) is 18.1 Å². The highest BCUT2D eigenvalue weighted by atomic mass is 16.7. The molecule has 4 rings (SSSR count). The van der Waals surface area contributed by atoms with Crippen LogP contribution in [0.15, 0.2) is 64.0 Å².